The van der Waals surface area contributed by atoms with E-state index < -0.39 is 11.0 Å². The fourth-order valence-corrected chi connectivity index (χ4v) is 4.55. The third-order valence-electron chi connectivity index (χ3n) is 6.58. The van der Waals surface area contributed by atoms with Gasteiger partial charge in [-0.3, -0.25) is 24.3 Å². The molecule has 8 heteroatoms. The van der Waals surface area contributed by atoms with E-state index in [-0.39, 0.29) is 22.7 Å². The second-order valence-corrected chi connectivity index (χ2v) is 9.11. The van der Waals surface area contributed by atoms with Gasteiger partial charge in [0.1, 0.15) is 5.82 Å². The number of nitro groups is 1. The number of nitro benzene ring substituents is 1. The van der Waals surface area contributed by atoms with Gasteiger partial charge in [0.25, 0.3) is 17.2 Å². The van der Waals surface area contributed by atoms with Crippen molar-refractivity contribution in [3.8, 4) is 0 Å². The Labute approximate surface area is 215 Å². The summed E-state index contributed by atoms with van der Waals surface area (Å²) in [4.78, 5) is 44.8. The molecule has 3 aromatic carbocycles. The number of benzene rings is 3. The molecular weight excluding hydrogens is 468 g/mol. The molecule has 0 fully saturated rings. The van der Waals surface area contributed by atoms with E-state index in [1.165, 1.54) is 6.07 Å². The maximum absolute atomic E-state index is 13.9. The van der Waals surface area contributed by atoms with Gasteiger partial charge >= 0.3 is 0 Å². The highest BCUT2D eigenvalue weighted by atomic mass is 16.6. The molecule has 1 unspecified atom stereocenters. The highest BCUT2D eigenvalue weighted by Gasteiger charge is 2.28. The average molecular weight is 499 g/mol. The lowest BCUT2D eigenvalue weighted by Crippen LogP contribution is -2.39. The van der Waals surface area contributed by atoms with Crippen LogP contribution in [0.4, 0.5) is 5.69 Å². The highest BCUT2D eigenvalue weighted by Crippen LogP contribution is 2.26. The first-order valence-electron chi connectivity index (χ1n) is 12.4. The van der Waals surface area contributed by atoms with Crippen molar-refractivity contribution in [2.45, 2.75) is 46.2 Å². The summed E-state index contributed by atoms with van der Waals surface area (Å²) in [6.07, 6.45) is 1.30. The maximum atomic E-state index is 13.9. The Morgan fingerprint density at radius 3 is 2.49 bits per heavy atom. The minimum absolute atomic E-state index is 0.103. The van der Waals surface area contributed by atoms with E-state index in [0.29, 0.717) is 41.8 Å². The molecule has 0 aliphatic heterocycles. The van der Waals surface area contributed by atoms with E-state index in [9.17, 15) is 19.7 Å². The molecule has 1 heterocycles. The highest BCUT2D eigenvalue weighted by molar-refractivity contribution is 5.95. The monoisotopic (exact) mass is 498 g/mol. The Balaban J connectivity index is 1.81. The Bertz CT molecular complexity index is 1500. The van der Waals surface area contributed by atoms with E-state index in [0.717, 1.165) is 12.0 Å². The summed E-state index contributed by atoms with van der Waals surface area (Å²) in [6.45, 7) is 6.30. The van der Waals surface area contributed by atoms with E-state index in [1.807, 2.05) is 56.3 Å². The fraction of sp³-hybridized carbons (Fsp3) is 0.276. The number of rotatable bonds is 9. The number of para-hydroxylation sites is 1. The van der Waals surface area contributed by atoms with Crippen LogP contribution in [0.15, 0.2) is 77.6 Å². The van der Waals surface area contributed by atoms with Crippen molar-refractivity contribution in [2.24, 2.45) is 0 Å². The molecule has 0 radical (unpaired) electrons. The van der Waals surface area contributed by atoms with Crippen LogP contribution in [0, 0.1) is 17.0 Å². The van der Waals surface area contributed by atoms with Crippen LogP contribution < -0.4 is 5.56 Å². The van der Waals surface area contributed by atoms with E-state index in [2.05, 4.69) is 0 Å². The lowest BCUT2D eigenvalue weighted by atomic mass is 10.1. The standard InChI is InChI=1S/C29H30N4O4/c1-4-17-32-27(30-25-13-9-8-12-24(25)29(32)35)21(3)31(18-16-22-10-6-5-7-11-22)28(34)23-15-14-20(2)26(19-23)33(36)37/h5-15,19,21H,4,16-18H2,1-3H3. The predicted octanol–water partition coefficient (Wildman–Crippen LogP) is 5.47. The summed E-state index contributed by atoms with van der Waals surface area (Å²) in [5, 5.41) is 12.1. The first kappa shape index (κ1) is 25.8. The molecule has 0 N–H and O–H groups in total. The van der Waals surface area contributed by atoms with Crippen LogP contribution in [0.3, 0.4) is 0 Å². The second kappa shape index (κ2) is 11.2. The number of aromatic nitrogens is 2. The van der Waals surface area contributed by atoms with E-state index in [1.54, 1.807) is 40.7 Å². The first-order valence-corrected chi connectivity index (χ1v) is 12.4. The van der Waals surface area contributed by atoms with Crippen molar-refractivity contribution in [3.63, 3.8) is 0 Å². The Hall–Kier alpha value is -4.33. The van der Waals surface area contributed by atoms with Gasteiger partial charge in [-0.1, -0.05) is 55.5 Å². The third kappa shape index (κ3) is 5.43. The van der Waals surface area contributed by atoms with Gasteiger partial charge < -0.3 is 4.90 Å². The zero-order chi connectivity index (χ0) is 26.5. The molecule has 1 aromatic heterocycles. The molecular formula is C29H30N4O4. The molecule has 1 amide bonds. The summed E-state index contributed by atoms with van der Waals surface area (Å²) in [5.41, 5.74) is 2.09. The SMILES string of the molecule is CCCn1c(C(C)N(CCc2ccccc2)C(=O)c2ccc(C)c([N+](=O)[O-])c2)nc2ccccc2c1=O. The Morgan fingerprint density at radius 1 is 1.08 bits per heavy atom. The third-order valence-corrected chi connectivity index (χ3v) is 6.58. The number of carbonyl (C=O) groups excluding carboxylic acids is 1. The van der Waals surface area contributed by atoms with Gasteiger partial charge in [0, 0.05) is 30.3 Å². The van der Waals surface area contributed by atoms with Crippen molar-refractivity contribution >= 4 is 22.5 Å². The predicted molar refractivity (Wildman–Crippen MR) is 144 cm³/mol. The van der Waals surface area contributed by atoms with Crippen LogP contribution >= 0.6 is 0 Å². The summed E-state index contributed by atoms with van der Waals surface area (Å²) in [6, 6.07) is 21.0. The van der Waals surface area contributed by atoms with Crippen LogP contribution in [-0.4, -0.2) is 31.8 Å². The number of fused-ring (bicyclic) bond motifs is 1. The molecule has 0 bridgehead atoms. The normalized spacial score (nSPS) is 11.9. The van der Waals surface area contributed by atoms with Gasteiger partial charge in [-0.15, -0.1) is 0 Å². The molecule has 37 heavy (non-hydrogen) atoms. The zero-order valence-electron chi connectivity index (χ0n) is 21.3. The van der Waals surface area contributed by atoms with E-state index in [4.69, 9.17) is 4.98 Å². The molecule has 0 aliphatic carbocycles. The van der Waals surface area contributed by atoms with Crippen molar-refractivity contribution in [1.82, 2.24) is 14.5 Å². The van der Waals surface area contributed by atoms with Crippen LogP contribution in [0.2, 0.25) is 0 Å². The Morgan fingerprint density at radius 2 is 1.78 bits per heavy atom. The van der Waals surface area contributed by atoms with Gasteiger partial charge in [0.2, 0.25) is 0 Å². The van der Waals surface area contributed by atoms with Gasteiger partial charge in [-0.05, 0) is 50.5 Å². The zero-order valence-corrected chi connectivity index (χ0v) is 21.3. The number of nitrogens with zero attached hydrogens (tertiary/aromatic N) is 4. The molecule has 0 spiro atoms. The molecule has 8 nitrogen and oxygen atoms in total. The molecule has 0 saturated carbocycles. The van der Waals surface area contributed by atoms with Crippen LogP contribution in [0.1, 0.15) is 53.6 Å². The van der Waals surface area contributed by atoms with Crippen molar-refractivity contribution in [2.75, 3.05) is 6.54 Å². The molecule has 1 atom stereocenters. The van der Waals surface area contributed by atoms with Crippen LogP contribution in [0.5, 0.6) is 0 Å². The summed E-state index contributed by atoms with van der Waals surface area (Å²) in [5.74, 6) is 0.144. The molecule has 0 saturated heterocycles. The van der Waals surface area contributed by atoms with E-state index >= 15 is 0 Å². The first-order chi connectivity index (χ1) is 17.8. The summed E-state index contributed by atoms with van der Waals surface area (Å²) < 4.78 is 1.65. The second-order valence-electron chi connectivity index (χ2n) is 9.11. The summed E-state index contributed by atoms with van der Waals surface area (Å²) >= 11 is 0. The summed E-state index contributed by atoms with van der Waals surface area (Å²) in [7, 11) is 0. The number of aryl methyl sites for hydroxylation is 1. The molecule has 0 aliphatic rings. The minimum Gasteiger partial charge on any atom is -0.328 e. The van der Waals surface area contributed by atoms with Crippen molar-refractivity contribution in [3.05, 3.63) is 116 Å². The number of amides is 1. The van der Waals surface area contributed by atoms with Gasteiger partial charge in [-0.25, -0.2) is 4.98 Å². The number of carbonyl (C=O) groups is 1. The van der Waals surface area contributed by atoms with Gasteiger partial charge in [-0.2, -0.15) is 0 Å². The minimum atomic E-state index is -0.555. The van der Waals surface area contributed by atoms with Crippen LogP contribution in [0.25, 0.3) is 10.9 Å². The lowest BCUT2D eigenvalue weighted by molar-refractivity contribution is -0.385. The van der Waals surface area contributed by atoms with Gasteiger partial charge in [0.15, 0.2) is 0 Å². The molecule has 4 rings (SSSR count). The number of hydrogen-bond acceptors (Lipinski definition) is 5. The smallest absolute Gasteiger partial charge is 0.273 e. The van der Waals surface area contributed by atoms with Crippen molar-refractivity contribution < 1.29 is 9.72 Å². The molecule has 4 aromatic rings. The number of hydrogen-bond donors (Lipinski definition) is 0. The quantitative estimate of drug-likeness (QED) is 0.225. The van der Waals surface area contributed by atoms with Crippen molar-refractivity contribution in [1.29, 1.82) is 0 Å². The average Bonchev–Trinajstić information content (AvgIpc) is 2.90. The Kier molecular flexibility index (Phi) is 7.77. The fourth-order valence-electron chi connectivity index (χ4n) is 4.55. The lowest BCUT2D eigenvalue weighted by Gasteiger charge is -2.31. The largest absolute Gasteiger partial charge is 0.328 e. The maximum Gasteiger partial charge on any atom is 0.273 e. The topological polar surface area (TPSA) is 98.3 Å². The van der Waals surface area contributed by atoms with Gasteiger partial charge in [0.05, 0.1) is 21.9 Å². The van der Waals surface area contributed by atoms with Crippen LogP contribution in [-0.2, 0) is 13.0 Å². The molecule has 190 valence electrons.